The fourth-order valence-corrected chi connectivity index (χ4v) is 2.64. The molecule has 0 aromatic heterocycles. The number of nitrogens with one attached hydrogen (secondary N) is 2. The standard InChI is InChI=1S/C15H21FN2O/c1-15(8-4-5-9-15)11-17-10-14(19)18-13-7-3-2-6-12(13)16/h2-3,6-7,17H,4-5,8-11H2,1H3,(H,18,19). The van der Waals surface area contributed by atoms with Crippen molar-refractivity contribution in [3.8, 4) is 0 Å². The molecule has 0 atom stereocenters. The van der Waals surface area contributed by atoms with Gasteiger partial charge in [0.1, 0.15) is 5.82 Å². The van der Waals surface area contributed by atoms with Crippen molar-refractivity contribution in [3.63, 3.8) is 0 Å². The van der Waals surface area contributed by atoms with Gasteiger partial charge in [-0.05, 0) is 30.4 Å². The van der Waals surface area contributed by atoms with Gasteiger partial charge in [-0.1, -0.05) is 31.9 Å². The quantitative estimate of drug-likeness (QED) is 0.858. The highest BCUT2D eigenvalue weighted by molar-refractivity contribution is 5.92. The lowest BCUT2D eigenvalue weighted by molar-refractivity contribution is -0.115. The van der Waals surface area contributed by atoms with Crippen LogP contribution in [0, 0.1) is 11.2 Å². The lowest BCUT2D eigenvalue weighted by atomic mass is 9.89. The fourth-order valence-electron chi connectivity index (χ4n) is 2.64. The van der Waals surface area contributed by atoms with Crippen LogP contribution in [0.3, 0.4) is 0 Å². The highest BCUT2D eigenvalue weighted by Gasteiger charge is 2.28. The van der Waals surface area contributed by atoms with Gasteiger partial charge in [-0.25, -0.2) is 4.39 Å². The second-order valence-corrected chi connectivity index (χ2v) is 5.65. The minimum atomic E-state index is -0.404. The fraction of sp³-hybridized carbons (Fsp3) is 0.533. The van der Waals surface area contributed by atoms with Crippen molar-refractivity contribution in [1.82, 2.24) is 5.32 Å². The zero-order chi connectivity index (χ0) is 13.7. The van der Waals surface area contributed by atoms with Crippen LogP contribution in [0.5, 0.6) is 0 Å². The van der Waals surface area contributed by atoms with Crippen LogP contribution < -0.4 is 10.6 Å². The zero-order valence-corrected chi connectivity index (χ0v) is 11.3. The molecule has 1 aromatic carbocycles. The maximum atomic E-state index is 13.3. The van der Waals surface area contributed by atoms with Crippen molar-refractivity contribution in [2.75, 3.05) is 18.4 Å². The largest absolute Gasteiger partial charge is 0.322 e. The van der Waals surface area contributed by atoms with Crippen molar-refractivity contribution >= 4 is 11.6 Å². The van der Waals surface area contributed by atoms with E-state index in [0.717, 1.165) is 6.54 Å². The van der Waals surface area contributed by atoms with E-state index < -0.39 is 5.82 Å². The summed E-state index contributed by atoms with van der Waals surface area (Å²) in [5.74, 6) is -0.606. The molecule has 0 aliphatic heterocycles. The van der Waals surface area contributed by atoms with Crippen LogP contribution >= 0.6 is 0 Å². The predicted molar refractivity (Wildman–Crippen MR) is 74.5 cm³/mol. The molecular formula is C15H21FN2O. The van der Waals surface area contributed by atoms with Crippen LogP contribution in [0.2, 0.25) is 0 Å². The maximum Gasteiger partial charge on any atom is 0.238 e. The third-order valence-corrected chi connectivity index (χ3v) is 3.80. The van der Waals surface area contributed by atoms with E-state index in [4.69, 9.17) is 0 Å². The molecule has 0 radical (unpaired) electrons. The number of rotatable bonds is 5. The van der Waals surface area contributed by atoms with Crippen molar-refractivity contribution in [3.05, 3.63) is 30.1 Å². The van der Waals surface area contributed by atoms with Crippen LogP contribution in [0.1, 0.15) is 32.6 Å². The summed E-state index contributed by atoms with van der Waals surface area (Å²) in [4.78, 5) is 11.7. The maximum absolute atomic E-state index is 13.3. The molecular weight excluding hydrogens is 243 g/mol. The minimum Gasteiger partial charge on any atom is -0.322 e. The van der Waals surface area contributed by atoms with Crippen LogP contribution in [-0.2, 0) is 4.79 Å². The van der Waals surface area contributed by atoms with Crippen molar-refractivity contribution in [2.24, 2.45) is 5.41 Å². The molecule has 1 amide bonds. The summed E-state index contributed by atoms with van der Waals surface area (Å²) >= 11 is 0. The third kappa shape index (κ3) is 4.03. The van der Waals surface area contributed by atoms with Gasteiger partial charge in [0, 0.05) is 6.54 Å². The second kappa shape index (κ2) is 6.15. The Bertz CT molecular complexity index is 442. The number of halogens is 1. The molecule has 19 heavy (non-hydrogen) atoms. The minimum absolute atomic E-state index is 0.202. The molecule has 1 aromatic rings. The number of anilines is 1. The molecule has 4 heteroatoms. The van der Waals surface area contributed by atoms with Crippen molar-refractivity contribution in [1.29, 1.82) is 0 Å². The SMILES string of the molecule is CC1(CNCC(=O)Nc2ccccc2F)CCCC1. The van der Waals surface area contributed by atoms with E-state index in [9.17, 15) is 9.18 Å². The number of carbonyl (C=O) groups is 1. The van der Waals surface area contributed by atoms with Gasteiger partial charge < -0.3 is 10.6 Å². The molecule has 2 rings (SSSR count). The van der Waals surface area contributed by atoms with Crippen LogP contribution in [0.15, 0.2) is 24.3 Å². The van der Waals surface area contributed by atoms with Crippen LogP contribution in [0.4, 0.5) is 10.1 Å². The predicted octanol–water partition coefficient (Wildman–Crippen LogP) is 2.93. The average Bonchev–Trinajstić information content (AvgIpc) is 2.79. The molecule has 1 aliphatic carbocycles. The van der Waals surface area contributed by atoms with Crippen LogP contribution in [-0.4, -0.2) is 19.0 Å². The van der Waals surface area contributed by atoms with E-state index in [-0.39, 0.29) is 18.1 Å². The number of para-hydroxylation sites is 1. The summed E-state index contributed by atoms with van der Waals surface area (Å²) in [5.41, 5.74) is 0.555. The molecule has 1 fully saturated rings. The van der Waals surface area contributed by atoms with E-state index in [2.05, 4.69) is 17.6 Å². The normalized spacial score (nSPS) is 17.4. The first-order valence-corrected chi connectivity index (χ1v) is 6.84. The van der Waals surface area contributed by atoms with E-state index >= 15 is 0 Å². The second-order valence-electron chi connectivity index (χ2n) is 5.65. The zero-order valence-electron chi connectivity index (χ0n) is 11.3. The van der Waals surface area contributed by atoms with E-state index in [0.29, 0.717) is 5.41 Å². The number of amides is 1. The van der Waals surface area contributed by atoms with Gasteiger partial charge in [-0.2, -0.15) is 0 Å². The molecule has 2 N–H and O–H groups in total. The molecule has 0 heterocycles. The Hall–Kier alpha value is -1.42. The topological polar surface area (TPSA) is 41.1 Å². The summed E-state index contributed by atoms with van der Waals surface area (Å²) in [5, 5.41) is 5.74. The highest BCUT2D eigenvalue weighted by Crippen LogP contribution is 2.36. The number of hydrogen-bond acceptors (Lipinski definition) is 2. The summed E-state index contributed by atoms with van der Waals surface area (Å²) < 4.78 is 13.3. The van der Waals surface area contributed by atoms with Gasteiger partial charge in [0.05, 0.1) is 12.2 Å². The molecule has 1 aliphatic rings. The Labute approximate surface area is 113 Å². The molecule has 1 saturated carbocycles. The number of hydrogen-bond donors (Lipinski definition) is 2. The van der Waals surface area contributed by atoms with E-state index in [1.807, 2.05) is 0 Å². The van der Waals surface area contributed by atoms with E-state index in [1.165, 1.54) is 31.7 Å². The average molecular weight is 264 g/mol. The van der Waals surface area contributed by atoms with Gasteiger partial charge in [0.25, 0.3) is 0 Å². The molecule has 0 unspecified atom stereocenters. The molecule has 0 saturated heterocycles. The summed E-state index contributed by atoms with van der Waals surface area (Å²) in [6, 6.07) is 6.20. The van der Waals surface area contributed by atoms with Crippen molar-refractivity contribution in [2.45, 2.75) is 32.6 Å². The lowest BCUT2D eigenvalue weighted by Crippen LogP contribution is -2.35. The third-order valence-electron chi connectivity index (χ3n) is 3.80. The van der Waals surface area contributed by atoms with Gasteiger partial charge in [-0.3, -0.25) is 4.79 Å². The van der Waals surface area contributed by atoms with Gasteiger partial charge in [-0.15, -0.1) is 0 Å². The Morgan fingerprint density at radius 3 is 2.68 bits per heavy atom. The first kappa shape index (κ1) is 14.0. The number of carbonyl (C=O) groups excluding carboxylic acids is 1. The smallest absolute Gasteiger partial charge is 0.238 e. The van der Waals surface area contributed by atoms with E-state index in [1.54, 1.807) is 18.2 Å². The highest BCUT2D eigenvalue weighted by atomic mass is 19.1. The monoisotopic (exact) mass is 264 g/mol. The molecule has 3 nitrogen and oxygen atoms in total. The van der Waals surface area contributed by atoms with Gasteiger partial charge in [0.2, 0.25) is 5.91 Å². The Balaban J connectivity index is 1.74. The summed E-state index contributed by atoms with van der Waals surface area (Å²) in [6.07, 6.45) is 4.99. The summed E-state index contributed by atoms with van der Waals surface area (Å²) in [7, 11) is 0. The first-order chi connectivity index (χ1) is 9.09. The van der Waals surface area contributed by atoms with Crippen molar-refractivity contribution < 1.29 is 9.18 Å². The Morgan fingerprint density at radius 2 is 2.00 bits per heavy atom. The van der Waals surface area contributed by atoms with Crippen LogP contribution in [0.25, 0.3) is 0 Å². The molecule has 0 bridgehead atoms. The van der Waals surface area contributed by atoms with Gasteiger partial charge in [0.15, 0.2) is 0 Å². The molecule has 104 valence electrons. The Morgan fingerprint density at radius 1 is 1.32 bits per heavy atom. The summed E-state index contributed by atoms with van der Waals surface area (Å²) in [6.45, 7) is 3.32. The number of benzene rings is 1. The van der Waals surface area contributed by atoms with Gasteiger partial charge >= 0.3 is 0 Å². The first-order valence-electron chi connectivity index (χ1n) is 6.84. The molecule has 0 spiro atoms. The Kier molecular flexibility index (Phi) is 4.53. The lowest BCUT2D eigenvalue weighted by Gasteiger charge is -2.23.